The second-order valence-corrected chi connectivity index (χ2v) is 13.6. The maximum Gasteiger partial charge on any atom is 0.198 e. The Bertz CT molecular complexity index is 2070. The number of phenols is 2. The molecule has 6 aromatic rings. The summed E-state index contributed by atoms with van der Waals surface area (Å²) < 4.78 is 12.5. The van der Waals surface area contributed by atoms with E-state index in [1.807, 2.05) is 72.8 Å². The smallest absolute Gasteiger partial charge is 0.198 e. The molecule has 6 heteroatoms. The van der Waals surface area contributed by atoms with E-state index >= 15 is 0 Å². The minimum Gasteiger partial charge on any atom is -0.508 e. The van der Waals surface area contributed by atoms with E-state index in [1.54, 1.807) is 60.7 Å². The fourth-order valence-electron chi connectivity index (χ4n) is 6.57. The molecule has 0 saturated carbocycles. The molecular weight excluding hydrogens is 624 g/mol. The molecule has 1 aliphatic carbocycles. The summed E-state index contributed by atoms with van der Waals surface area (Å²) in [5.74, 6) is 1.48. The van der Waals surface area contributed by atoms with Gasteiger partial charge in [-0.25, -0.2) is 0 Å². The Morgan fingerprint density at radius 1 is 0.420 bits per heavy atom. The van der Waals surface area contributed by atoms with Crippen LogP contribution in [0.25, 0.3) is 0 Å². The Hall–Kier alpha value is -6.14. The second-order valence-electron chi connectivity index (χ2n) is 13.6. The van der Waals surface area contributed by atoms with Crippen LogP contribution in [0.4, 0.5) is 0 Å². The summed E-state index contributed by atoms with van der Waals surface area (Å²) in [4.78, 5) is 28.1. The molecule has 50 heavy (non-hydrogen) atoms. The summed E-state index contributed by atoms with van der Waals surface area (Å²) in [5, 5.41) is 19.4. The van der Waals surface area contributed by atoms with Gasteiger partial charge in [-0.1, -0.05) is 100 Å². The topological polar surface area (TPSA) is 93.1 Å². The Balaban J connectivity index is 1.13. The van der Waals surface area contributed by atoms with Crippen molar-refractivity contribution in [2.75, 3.05) is 0 Å². The number of aromatic hydroxyl groups is 2. The van der Waals surface area contributed by atoms with Crippen LogP contribution in [0.2, 0.25) is 0 Å². The van der Waals surface area contributed by atoms with Crippen LogP contribution in [0.1, 0.15) is 81.8 Å². The van der Waals surface area contributed by atoms with Gasteiger partial charge in [-0.3, -0.25) is 9.59 Å². The fourth-order valence-corrected chi connectivity index (χ4v) is 6.57. The monoisotopic (exact) mass is 660 g/mol. The number of hydrogen-bond acceptors (Lipinski definition) is 6. The zero-order valence-corrected chi connectivity index (χ0v) is 28.2. The Morgan fingerprint density at radius 3 is 1.04 bits per heavy atom. The Morgan fingerprint density at radius 2 is 0.720 bits per heavy atom. The van der Waals surface area contributed by atoms with Crippen LogP contribution in [0.15, 0.2) is 133 Å². The predicted octanol–water partition coefficient (Wildman–Crippen LogP) is 10.1. The Labute approximate surface area is 291 Å². The third-order valence-electron chi connectivity index (χ3n) is 9.78. The van der Waals surface area contributed by atoms with Gasteiger partial charge in [0.25, 0.3) is 0 Å². The van der Waals surface area contributed by atoms with Crippen LogP contribution in [-0.4, -0.2) is 21.8 Å². The van der Waals surface area contributed by atoms with Gasteiger partial charge >= 0.3 is 0 Å². The van der Waals surface area contributed by atoms with Crippen LogP contribution < -0.4 is 9.47 Å². The van der Waals surface area contributed by atoms with Crippen molar-refractivity contribution < 1.29 is 29.3 Å². The summed E-state index contributed by atoms with van der Waals surface area (Å²) in [6, 6.07) is 39.8. The first-order chi connectivity index (χ1) is 23.9. The highest BCUT2D eigenvalue weighted by atomic mass is 16.5. The fraction of sp³-hybridized carbons (Fsp3) is 0.136. The van der Waals surface area contributed by atoms with Crippen molar-refractivity contribution in [3.8, 4) is 34.5 Å². The summed E-state index contributed by atoms with van der Waals surface area (Å²) in [6.07, 6.45) is 0. The van der Waals surface area contributed by atoms with Crippen molar-refractivity contribution in [1.29, 1.82) is 0 Å². The number of ether oxygens (including phenoxy) is 2. The average Bonchev–Trinajstić information content (AvgIpc) is 3.11. The van der Waals surface area contributed by atoms with E-state index in [4.69, 9.17) is 9.47 Å². The lowest BCUT2D eigenvalue weighted by Crippen LogP contribution is -2.22. The number of ketones is 2. The van der Waals surface area contributed by atoms with E-state index in [0.717, 1.165) is 22.3 Å². The molecule has 0 amide bonds. The predicted molar refractivity (Wildman–Crippen MR) is 193 cm³/mol. The molecule has 7 rings (SSSR count). The first kappa shape index (κ1) is 32.4. The number of hydrogen-bond donors (Lipinski definition) is 2. The van der Waals surface area contributed by atoms with Crippen LogP contribution in [0, 0.1) is 0 Å². The van der Waals surface area contributed by atoms with Crippen LogP contribution >= 0.6 is 0 Å². The molecule has 0 unspecified atom stereocenters. The number of phenolic OH excluding ortho intramolecular Hbond substituents is 2. The molecule has 2 N–H and O–H groups in total. The largest absolute Gasteiger partial charge is 0.508 e. The van der Waals surface area contributed by atoms with Crippen LogP contribution in [-0.2, 0) is 10.8 Å². The maximum absolute atomic E-state index is 14.0. The van der Waals surface area contributed by atoms with Crippen LogP contribution in [0.5, 0.6) is 34.5 Å². The number of fused-ring (bicyclic) bond motifs is 2. The van der Waals surface area contributed by atoms with Gasteiger partial charge in [-0.15, -0.1) is 0 Å². The number of benzene rings is 6. The SMILES string of the molecule is CC(C)(c1ccc(O)cc1)c1ccc(Oc2cccc3c2C(=O)c2cccc(Oc4ccc(C(C)(C)c5ccc(O)cc5)cc4)c2C3=O)cc1. The average molecular weight is 661 g/mol. The van der Waals surface area contributed by atoms with Crippen molar-refractivity contribution in [2.24, 2.45) is 0 Å². The van der Waals surface area contributed by atoms with E-state index < -0.39 is 0 Å². The van der Waals surface area contributed by atoms with Gasteiger partial charge in [0, 0.05) is 22.0 Å². The molecule has 0 bridgehead atoms. The van der Waals surface area contributed by atoms with Crippen molar-refractivity contribution in [3.63, 3.8) is 0 Å². The van der Waals surface area contributed by atoms with E-state index in [0.29, 0.717) is 23.0 Å². The van der Waals surface area contributed by atoms with Crippen molar-refractivity contribution >= 4 is 11.6 Å². The standard InChI is InChI=1S/C44H36O6/c1-43(2,27-11-19-31(45)20-12-27)29-15-23-33(24-16-29)49-37-9-5-7-35-39(37)41(47)36-8-6-10-38(40(36)42(35)48)50-34-25-17-30(18-26-34)44(3,4)28-13-21-32(46)22-14-28/h5-26,45-46H,1-4H3. The molecular formula is C44H36O6. The molecule has 6 aromatic carbocycles. The van der Waals surface area contributed by atoms with Gasteiger partial charge in [0.2, 0.25) is 0 Å². The molecule has 6 nitrogen and oxygen atoms in total. The third kappa shape index (κ3) is 5.79. The molecule has 0 aromatic heterocycles. The van der Waals surface area contributed by atoms with Crippen molar-refractivity contribution in [3.05, 3.63) is 178 Å². The van der Waals surface area contributed by atoms with Gasteiger partial charge < -0.3 is 19.7 Å². The van der Waals surface area contributed by atoms with Gasteiger partial charge in [-0.2, -0.15) is 0 Å². The number of carbonyl (C=O) groups is 2. The zero-order chi connectivity index (χ0) is 35.2. The molecule has 248 valence electrons. The summed E-state index contributed by atoms with van der Waals surface area (Å²) in [7, 11) is 0. The van der Waals surface area contributed by atoms with Gasteiger partial charge in [0.1, 0.15) is 34.5 Å². The van der Waals surface area contributed by atoms with E-state index in [1.165, 1.54) is 0 Å². The molecule has 0 atom stereocenters. The van der Waals surface area contributed by atoms with E-state index in [2.05, 4.69) is 27.7 Å². The Kier molecular flexibility index (Phi) is 8.03. The zero-order valence-electron chi connectivity index (χ0n) is 28.2. The molecule has 0 fully saturated rings. The lowest BCUT2D eigenvalue weighted by atomic mass is 9.78. The molecule has 0 saturated heterocycles. The summed E-state index contributed by atoms with van der Waals surface area (Å²) in [6.45, 7) is 8.44. The highest BCUT2D eigenvalue weighted by Gasteiger charge is 2.35. The van der Waals surface area contributed by atoms with Gasteiger partial charge in [-0.05, 0) is 82.9 Å². The lowest BCUT2D eigenvalue weighted by Gasteiger charge is -2.26. The first-order valence-corrected chi connectivity index (χ1v) is 16.4. The third-order valence-corrected chi connectivity index (χ3v) is 9.78. The van der Waals surface area contributed by atoms with Gasteiger partial charge in [0.05, 0.1) is 11.1 Å². The second kappa shape index (κ2) is 12.4. The minimum absolute atomic E-state index is 0.219. The molecule has 0 heterocycles. The minimum atomic E-state index is -0.323. The quantitative estimate of drug-likeness (QED) is 0.169. The van der Waals surface area contributed by atoms with E-state index in [-0.39, 0.29) is 56.1 Å². The van der Waals surface area contributed by atoms with E-state index in [9.17, 15) is 19.8 Å². The van der Waals surface area contributed by atoms with Crippen LogP contribution in [0.3, 0.4) is 0 Å². The summed E-state index contributed by atoms with van der Waals surface area (Å²) in [5.41, 5.74) is 4.51. The molecule has 0 radical (unpaired) electrons. The summed E-state index contributed by atoms with van der Waals surface area (Å²) >= 11 is 0. The number of rotatable bonds is 8. The van der Waals surface area contributed by atoms with Gasteiger partial charge in [0.15, 0.2) is 11.6 Å². The number of carbonyl (C=O) groups excluding carboxylic acids is 2. The molecule has 0 aliphatic heterocycles. The van der Waals surface area contributed by atoms with Crippen molar-refractivity contribution in [1.82, 2.24) is 0 Å². The highest BCUT2D eigenvalue weighted by Crippen LogP contribution is 2.41. The lowest BCUT2D eigenvalue weighted by molar-refractivity contribution is 0.0975. The molecule has 0 spiro atoms. The van der Waals surface area contributed by atoms with Crippen molar-refractivity contribution in [2.45, 2.75) is 38.5 Å². The highest BCUT2D eigenvalue weighted by molar-refractivity contribution is 6.30. The maximum atomic E-state index is 14.0. The molecule has 1 aliphatic rings. The first-order valence-electron chi connectivity index (χ1n) is 16.4. The normalized spacial score (nSPS) is 12.6.